The molecule has 18 heavy (non-hydrogen) atoms. The number of aromatic nitrogens is 2. The lowest BCUT2D eigenvalue weighted by atomic mass is 10.2. The number of pyridine rings is 1. The molecule has 1 unspecified atom stereocenters. The molecule has 2 heterocycles. The molecule has 0 bridgehead atoms. The summed E-state index contributed by atoms with van der Waals surface area (Å²) in [5.41, 5.74) is 2.81. The van der Waals surface area contributed by atoms with Crippen molar-refractivity contribution < 1.29 is 9.84 Å². The molecule has 1 saturated carbocycles. The first-order chi connectivity index (χ1) is 8.69. The van der Waals surface area contributed by atoms with Crippen molar-refractivity contribution >= 4 is 21.6 Å². The van der Waals surface area contributed by atoms with Crippen molar-refractivity contribution in [2.75, 3.05) is 13.7 Å². The predicted octanol–water partition coefficient (Wildman–Crippen LogP) is 2.65. The van der Waals surface area contributed by atoms with Crippen molar-refractivity contribution in [2.45, 2.75) is 24.9 Å². The van der Waals surface area contributed by atoms with Crippen molar-refractivity contribution in [1.82, 2.24) is 9.38 Å². The third-order valence-electron chi connectivity index (χ3n) is 3.26. The molecule has 2 aromatic heterocycles. The maximum atomic E-state index is 9.89. The van der Waals surface area contributed by atoms with E-state index < -0.39 is 6.10 Å². The number of hydrogen-bond acceptors (Lipinski definition) is 3. The Morgan fingerprint density at radius 2 is 2.33 bits per heavy atom. The largest absolute Gasteiger partial charge is 0.384 e. The van der Waals surface area contributed by atoms with Crippen LogP contribution in [0.2, 0.25) is 0 Å². The average Bonchev–Trinajstić information content (AvgIpc) is 3.09. The summed E-state index contributed by atoms with van der Waals surface area (Å²) in [6.45, 7) is 0.261. The lowest BCUT2D eigenvalue weighted by molar-refractivity contribution is 0.0620. The highest BCUT2D eigenvalue weighted by molar-refractivity contribution is 9.10. The van der Waals surface area contributed by atoms with Crippen LogP contribution in [-0.2, 0) is 4.74 Å². The molecule has 0 saturated heterocycles. The topological polar surface area (TPSA) is 46.8 Å². The minimum absolute atomic E-state index is 0.261. The number of nitrogens with zero attached hydrogens (tertiary/aromatic N) is 2. The van der Waals surface area contributed by atoms with Gasteiger partial charge in [0.1, 0.15) is 6.10 Å². The van der Waals surface area contributed by atoms with Gasteiger partial charge in [-0.25, -0.2) is 4.98 Å². The SMILES string of the molecule is COCC(O)c1cn2cc(C3CC3)cc(Br)c2n1. The van der Waals surface area contributed by atoms with Crippen LogP contribution in [0.1, 0.15) is 36.1 Å². The van der Waals surface area contributed by atoms with Gasteiger partial charge >= 0.3 is 0 Å². The number of hydrogen-bond donors (Lipinski definition) is 1. The van der Waals surface area contributed by atoms with Gasteiger partial charge in [-0.2, -0.15) is 0 Å². The quantitative estimate of drug-likeness (QED) is 0.944. The number of methoxy groups -OCH3 is 1. The Morgan fingerprint density at radius 1 is 1.56 bits per heavy atom. The minimum atomic E-state index is -0.675. The van der Waals surface area contributed by atoms with E-state index in [4.69, 9.17) is 4.74 Å². The zero-order chi connectivity index (χ0) is 12.7. The van der Waals surface area contributed by atoms with Gasteiger partial charge in [0, 0.05) is 19.5 Å². The number of rotatable bonds is 4. The third kappa shape index (κ3) is 2.18. The van der Waals surface area contributed by atoms with E-state index in [-0.39, 0.29) is 6.61 Å². The van der Waals surface area contributed by atoms with E-state index in [0.29, 0.717) is 11.6 Å². The van der Waals surface area contributed by atoms with Crippen LogP contribution in [0.15, 0.2) is 22.9 Å². The van der Waals surface area contributed by atoms with Crippen molar-refractivity contribution in [1.29, 1.82) is 0 Å². The monoisotopic (exact) mass is 310 g/mol. The van der Waals surface area contributed by atoms with Crippen LogP contribution in [0.3, 0.4) is 0 Å². The second kappa shape index (κ2) is 4.64. The number of ether oxygens (including phenoxy) is 1. The molecular formula is C13H15BrN2O2. The maximum absolute atomic E-state index is 9.89. The van der Waals surface area contributed by atoms with Crippen LogP contribution in [0.4, 0.5) is 0 Å². The third-order valence-corrected chi connectivity index (χ3v) is 3.84. The molecule has 2 aromatic rings. The molecular weight excluding hydrogens is 296 g/mol. The summed E-state index contributed by atoms with van der Waals surface area (Å²) in [5.74, 6) is 0.695. The highest BCUT2D eigenvalue weighted by Gasteiger charge is 2.25. The predicted molar refractivity (Wildman–Crippen MR) is 71.7 cm³/mol. The summed E-state index contributed by atoms with van der Waals surface area (Å²) in [5, 5.41) is 9.89. The summed E-state index contributed by atoms with van der Waals surface area (Å²) >= 11 is 3.55. The molecule has 0 radical (unpaired) electrons. The summed E-state index contributed by atoms with van der Waals surface area (Å²) in [6, 6.07) is 2.13. The van der Waals surface area contributed by atoms with Crippen LogP contribution >= 0.6 is 15.9 Å². The smallest absolute Gasteiger partial charge is 0.151 e. The van der Waals surface area contributed by atoms with E-state index in [1.54, 1.807) is 7.11 Å². The Balaban J connectivity index is 2.02. The maximum Gasteiger partial charge on any atom is 0.151 e. The Kier molecular flexibility index (Phi) is 3.13. The van der Waals surface area contributed by atoms with Crippen LogP contribution in [0, 0.1) is 0 Å². The zero-order valence-corrected chi connectivity index (χ0v) is 11.7. The molecule has 96 valence electrons. The molecule has 1 aliphatic carbocycles. The Morgan fingerprint density at radius 3 is 3.00 bits per heavy atom. The average molecular weight is 311 g/mol. The van der Waals surface area contributed by atoms with E-state index >= 15 is 0 Å². The number of imidazole rings is 1. The van der Waals surface area contributed by atoms with E-state index in [0.717, 1.165) is 10.1 Å². The molecule has 4 nitrogen and oxygen atoms in total. The second-order valence-corrected chi connectivity index (χ2v) is 5.62. The van der Waals surface area contributed by atoms with Gasteiger partial charge in [0.05, 0.1) is 16.8 Å². The number of aliphatic hydroxyl groups is 1. The fraction of sp³-hybridized carbons (Fsp3) is 0.462. The Hall–Kier alpha value is -0.910. The highest BCUT2D eigenvalue weighted by atomic mass is 79.9. The van der Waals surface area contributed by atoms with Crippen molar-refractivity contribution in [3.8, 4) is 0 Å². The van der Waals surface area contributed by atoms with Gasteiger partial charge in [0.2, 0.25) is 0 Å². The van der Waals surface area contributed by atoms with Crippen molar-refractivity contribution in [2.24, 2.45) is 0 Å². The van der Waals surface area contributed by atoms with Gasteiger partial charge in [-0.05, 0) is 46.3 Å². The van der Waals surface area contributed by atoms with Crippen molar-refractivity contribution in [3.63, 3.8) is 0 Å². The zero-order valence-electron chi connectivity index (χ0n) is 10.1. The normalized spacial score (nSPS) is 17.3. The second-order valence-electron chi connectivity index (χ2n) is 4.76. The van der Waals surface area contributed by atoms with E-state index in [2.05, 4.69) is 33.2 Å². The van der Waals surface area contributed by atoms with Crippen LogP contribution < -0.4 is 0 Å². The summed E-state index contributed by atoms with van der Waals surface area (Å²) in [6.07, 6.45) is 5.84. The highest BCUT2D eigenvalue weighted by Crippen LogP contribution is 2.41. The molecule has 3 rings (SSSR count). The number of aliphatic hydroxyl groups excluding tert-OH is 1. The van der Waals surface area contributed by atoms with Gasteiger partial charge in [0.25, 0.3) is 0 Å². The van der Waals surface area contributed by atoms with Gasteiger partial charge in [-0.3, -0.25) is 0 Å². The number of fused-ring (bicyclic) bond motifs is 1. The first-order valence-electron chi connectivity index (χ1n) is 6.04. The molecule has 1 fully saturated rings. The van der Waals surface area contributed by atoms with Crippen LogP contribution in [0.25, 0.3) is 5.65 Å². The first-order valence-corrected chi connectivity index (χ1v) is 6.83. The van der Waals surface area contributed by atoms with Gasteiger partial charge < -0.3 is 14.2 Å². The van der Waals surface area contributed by atoms with E-state index in [9.17, 15) is 5.11 Å². The van der Waals surface area contributed by atoms with E-state index in [1.807, 2.05) is 10.6 Å². The fourth-order valence-corrected chi connectivity index (χ4v) is 2.70. The molecule has 0 aliphatic heterocycles. The standard InChI is InChI=1S/C13H15BrN2O2/c1-18-7-12(17)11-6-16-5-9(8-2-3-8)4-10(14)13(16)15-11/h4-6,8,12,17H,2-3,7H2,1H3. The molecule has 0 spiro atoms. The first kappa shape index (κ1) is 12.1. The lowest BCUT2D eigenvalue weighted by Crippen LogP contribution is -2.05. The number of halogens is 1. The summed E-state index contributed by atoms with van der Waals surface area (Å²) in [7, 11) is 1.57. The molecule has 0 aromatic carbocycles. The van der Waals surface area contributed by atoms with Crippen LogP contribution in [0.5, 0.6) is 0 Å². The van der Waals surface area contributed by atoms with Crippen LogP contribution in [-0.4, -0.2) is 28.2 Å². The molecule has 1 atom stereocenters. The fourth-order valence-electron chi connectivity index (χ4n) is 2.14. The molecule has 0 amide bonds. The van der Waals surface area contributed by atoms with Gasteiger partial charge in [-0.15, -0.1) is 0 Å². The molecule has 1 N–H and O–H groups in total. The molecule has 1 aliphatic rings. The Bertz CT molecular complexity index is 578. The Labute approximate surface area is 114 Å². The van der Waals surface area contributed by atoms with Gasteiger partial charge in [-0.1, -0.05) is 0 Å². The van der Waals surface area contributed by atoms with E-state index in [1.165, 1.54) is 18.4 Å². The van der Waals surface area contributed by atoms with Gasteiger partial charge in [0.15, 0.2) is 5.65 Å². The summed E-state index contributed by atoms with van der Waals surface area (Å²) in [4.78, 5) is 4.44. The minimum Gasteiger partial charge on any atom is -0.384 e. The van der Waals surface area contributed by atoms with Crippen molar-refractivity contribution in [3.05, 3.63) is 34.2 Å². The lowest BCUT2D eigenvalue weighted by Gasteiger charge is -2.04. The molecule has 5 heteroatoms. The summed E-state index contributed by atoms with van der Waals surface area (Å²) < 4.78 is 7.90.